The van der Waals surface area contributed by atoms with Gasteiger partial charge in [0.1, 0.15) is 30.0 Å². The maximum atomic E-state index is 15.2. The smallest absolute Gasteiger partial charge is 0.371 e. The molecule has 5 atom stereocenters. The van der Waals surface area contributed by atoms with Crippen LogP contribution in [0.5, 0.6) is 5.75 Å². The molecule has 0 saturated carbocycles. The highest BCUT2D eigenvalue weighted by Gasteiger charge is 2.45. The Morgan fingerprint density at radius 2 is 1.77 bits per heavy atom. The Hall–Kier alpha value is -3.14. The molecule has 35 heavy (non-hydrogen) atoms. The molecule has 2 aliphatic heterocycles. The van der Waals surface area contributed by atoms with Crippen molar-refractivity contribution in [1.29, 1.82) is 0 Å². The molecule has 2 unspecified atom stereocenters. The summed E-state index contributed by atoms with van der Waals surface area (Å²) >= 11 is 6.06. The second-order valence-electron chi connectivity index (χ2n) is 7.64. The van der Waals surface area contributed by atoms with Gasteiger partial charge < -0.3 is 39.2 Å². The Balaban J connectivity index is 1.65. The first-order valence-electron chi connectivity index (χ1n) is 10.0. The molecule has 2 fully saturated rings. The Kier molecular flexibility index (Phi) is 6.77. The van der Waals surface area contributed by atoms with E-state index in [2.05, 4.69) is 4.84 Å². The van der Waals surface area contributed by atoms with Crippen LogP contribution in [0.2, 0.25) is 5.02 Å². The number of nitrogens with zero attached hydrogens (tertiary/aromatic N) is 1. The van der Waals surface area contributed by atoms with E-state index in [0.717, 1.165) is 12.1 Å². The van der Waals surface area contributed by atoms with Gasteiger partial charge in [0.05, 0.1) is 11.6 Å². The third-order valence-electron chi connectivity index (χ3n) is 5.36. The lowest BCUT2D eigenvalue weighted by atomic mass is 9.99. The van der Waals surface area contributed by atoms with E-state index in [-0.39, 0.29) is 23.3 Å². The Labute approximate surface area is 198 Å². The number of hydrogen-bond acceptors (Lipinski definition) is 12. The molecular weight excluding hydrogens is 501 g/mol. The number of halogens is 2. The van der Waals surface area contributed by atoms with Crippen LogP contribution < -0.4 is 10.4 Å². The van der Waals surface area contributed by atoms with Crippen molar-refractivity contribution < 1.29 is 57.9 Å². The first-order chi connectivity index (χ1) is 16.5. The number of fused-ring (bicyclic) bond motifs is 1. The second kappa shape index (κ2) is 9.49. The van der Waals surface area contributed by atoms with Crippen molar-refractivity contribution >= 4 is 40.4 Å². The Bertz CT molecular complexity index is 1250. The molecule has 2 saturated heterocycles. The van der Waals surface area contributed by atoms with Crippen LogP contribution in [-0.4, -0.2) is 80.6 Å². The summed E-state index contributed by atoms with van der Waals surface area (Å²) in [6.07, 6.45) is -8.84. The number of hydroxylamine groups is 2. The lowest BCUT2D eigenvalue weighted by Crippen LogP contribution is -2.60. The molecule has 188 valence electrons. The topological polar surface area (TPSA) is 193 Å². The van der Waals surface area contributed by atoms with Crippen molar-refractivity contribution in [2.45, 2.75) is 43.5 Å². The number of rotatable bonds is 5. The van der Waals surface area contributed by atoms with Gasteiger partial charge in [-0.3, -0.25) is 9.59 Å². The van der Waals surface area contributed by atoms with E-state index >= 15 is 4.39 Å². The van der Waals surface area contributed by atoms with Crippen LogP contribution in [0.15, 0.2) is 21.3 Å². The molecule has 0 spiro atoms. The van der Waals surface area contributed by atoms with Crippen LogP contribution in [0.25, 0.3) is 11.0 Å². The third-order valence-corrected chi connectivity index (χ3v) is 5.64. The molecule has 4 N–H and O–H groups in total. The highest BCUT2D eigenvalue weighted by Crippen LogP contribution is 2.36. The molecule has 1 aromatic carbocycles. The van der Waals surface area contributed by atoms with Gasteiger partial charge in [0, 0.05) is 18.2 Å². The fourth-order valence-corrected chi connectivity index (χ4v) is 3.74. The van der Waals surface area contributed by atoms with Crippen molar-refractivity contribution in [2.24, 2.45) is 0 Å². The summed E-state index contributed by atoms with van der Waals surface area (Å²) in [5.41, 5.74) is -2.85. The van der Waals surface area contributed by atoms with Crippen molar-refractivity contribution in [2.75, 3.05) is 6.61 Å². The summed E-state index contributed by atoms with van der Waals surface area (Å²) in [7, 11) is 0. The number of carbonyl (C=O) groups excluding carboxylic acids is 3. The molecule has 13 nitrogen and oxygen atoms in total. The normalized spacial score (nSPS) is 26.9. The number of imide groups is 1. The molecule has 15 heteroatoms. The van der Waals surface area contributed by atoms with Crippen LogP contribution in [0, 0.1) is 5.82 Å². The highest BCUT2D eigenvalue weighted by atomic mass is 35.5. The van der Waals surface area contributed by atoms with Gasteiger partial charge >= 0.3 is 11.6 Å². The molecule has 3 heterocycles. The average Bonchev–Trinajstić information content (AvgIpc) is 3.13. The zero-order valence-electron chi connectivity index (χ0n) is 17.4. The predicted molar refractivity (Wildman–Crippen MR) is 108 cm³/mol. The molecule has 4 rings (SSSR count). The van der Waals surface area contributed by atoms with Crippen LogP contribution in [0.4, 0.5) is 4.39 Å². The molecule has 1 aromatic heterocycles. The first-order valence-corrected chi connectivity index (χ1v) is 10.4. The molecule has 2 amide bonds. The maximum absolute atomic E-state index is 15.2. The number of carbonyl (C=O) groups is 3. The van der Waals surface area contributed by atoms with Gasteiger partial charge in [0.15, 0.2) is 11.3 Å². The summed E-state index contributed by atoms with van der Waals surface area (Å²) in [6.45, 7) is -0.763. The molecular formula is C20H17ClFNO12. The van der Waals surface area contributed by atoms with Crippen LogP contribution in [0.3, 0.4) is 0 Å². The summed E-state index contributed by atoms with van der Waals surface area (Å²) < 4.78 is 30.4. The van der Waals surface area contributed by atoms with Crippen molar-refractivity contribution in [3.05, 3.63) is 39.0 Å². The first kappa shape index (κ1) is 25.0. The highest BCUT2D eigenvalue weighted by molar-refractivity contribution is 6.32. The number of aliphatic hydroxyl groups excluding tert-OH is 4. The fourth-order valence-electron chi connectivity index (χ4n) is 3.50. The van der Waals surface area contributed by atoms with E-state index in [4.69, 9.17) is 25.5 Å². The van der Waals surface area contributed by atoms with Gasteiger partial charge in [-0.1, -0.05) is 11.6 Å². The van der Waals surface area contributed by atoms with Crippen LogP contribution in [-0.2, 0) is 19.2 Å². The minimum atomic E-state index is -1.88. The van der Waals surface area contributed by atoms with Crippen LogP contribution in [0.1, 0.15) is 23.2 Å². The molecule has 0 bridgehead atoms. The maximum Gasteiger partial charge on any atom is 0.371 e. The van der Waals surface area contributed by atoms with Crippen LogP contribution >= 0.6 is 11.6 Å². The Morgan fingerprint density at radius 1 is 1.11 bits per heavy atom. The van der Waals surface area contributed by atoms with Gasteiger partial charge in [-0.15, -0.1) is 5.06 Å². The van der Waals surface area contributed by atoms with Gasteiger partial charge in [-0.25, -0.2) is 9.59 Å². The minimum Gasteiger partial charge on any atom is -0.457 e. The van der Waals surface area contributed by atoms with E-state index in [0.29, 0.717) is 0 Å². The predicted octanol–water partition coefficient (Wildman–Crippen LogP) is -1.02. The molecule has 0 aliphatic carbocycles. The van der Waals surface area contributed by atoms with Gasteiger partial charge in [-0.2, -0.15) is 4.39 Å². The summed E-state index contributed by atoms with van der Waals surface area (Å²) in [4.78, 5) is 52.5. The van der Waals surface area contributed by atoms with Gasteiger partial charge in [-0.05, 0) is 12.1 Å². The monoisotopic (exact) mass is 517 g/mol. The van der Waals surface area contributed by atoms with E-state index in [1.54, 1.807) is 0 Å². The van der Waals surface area contributed by atoms with E-state index in [1.165, 1.54) is 0 Å². The zero-order valence-corrected chi connectivity index (χ0v) is 18.2. The number of aliphatic hydroxyl groups is 4. The molecule has 2 aromatic rings. The van der Waals surface area contributed by atoms with Crippen molar-refractivity contribution in [3.8, 4) is 5.75 Å². The third kappa shape index (κ3) is 4.47. The van der Waals surface area contributed by atoms with Crippen molar-refractivity contribution in [3.63, 3.8) is 0 Å². The van der Waals surface area contributed by atoms with E-state index < -0.39 is 88.5 Å². The number of ether oxygens (including phenoxy) is 2. The lowest BCUT2D eigenvalue weighted by Gasteiger charge is -2.39. The SMILES string of the molecule is O=C(ON1C(=O)CCC1=O)c1cc2cc(Cl)c(O[C@@H]3OC(CO)[C@H](O)[C@@H](O)C3O)c(F)c2oc1=O. The number of hydrogen-bond donors (Lipinski definition) is 4. The zero-order chi connectivity index (χ0) is 25.6. The van der Waals surface area contributed by atoms with Gasteiger partial charge in [0.2, 0.25) is 12.1 Å². The standard InChI is InChI=1S/C20H17ClFNO12/c21-8-4-6-3-7(19(31)35-23-10(25)1-2-11(23)26)18(30)33-16(6)12(22)17(8)34-20-15(29)14(28)13(27)9(5-24)32-20/h3-4,9,13-15,20,24,27-29H,1-2,5H2/t9?,13-,14+,15?,20-/m0/s1. The average molecular weight is 518 g/mol. The van der Waals surface area contributed by atoms with E-state index in [1.807, 2.05) is 0 Å². The van der Waals surface area contributed by atoms with Gasteiger partial charge in [0.25, 0.3) is 11.8 Å². The second-order valence-corrected chi connectivity index (χ2v) is 8.05. The summed E-state index contributed by atoms with van der Waals surface area (Å²) in [5.74, 6) is -5.07. The molecule has 2 aliphatic rings. The number of benzene rings is 1. The largest absolute Gasteiger partial charge is 0.457 e. The fraction of sp³-hybridized carbons (Fsp3) is 0.400. The summed E-state index contributed by atoms with van der Waals surface area (Å²) in [6, 6.07) is 1.90. The summed E-state index contributed by atoms with van der Waals surface area (Å²) in [5, 5.41) is 38.6. The van der Waals surface area contributed by atoms with E-state index in [9.17, 15) is 39.6 Å². The Morgan fingerprint density at radius 3 is 2.40 bits per heavy atom. The molecule has 0 radical (unpaired) electrons. The number of amides is 2. The van der Waals surface area contributed by atoms with Crippen molar-refractivity contribution in [1.82, 2.24) is 5.06 Å². The minimum absolute atomic E-state index is 0.170. The lowest BCUT2D eigenvalue weighted by molar-refractivity contribution is -0.277. The quantitative estimate of drug-likeness (QED) is 0.279.